The van der Waals surface area contributed by atoms with E-state index >= 15 is 0 Å². The molecule has 0 saturated carbocycles. The van der Waals surface area contributed by atoms with Gasteiger partial charge in [0.2, 0.25) is 5.88 Å². The predicted octanol–water partition coefficient (Wildman–Crippen LogP) is 4.45. The molecule has 31 heavy (non-hydrogen) atoms. The van der Waals surface area contributed by atoms with E-state index in [1.807, 2.05) is 67.8 Å². The minimum absolute atomic E-state index is 0. The Morgan fingerprint density at radius 3 is 2.45 bits per heavy atom. The van der Waals surface area contributed by atoms with Crippen LogP contribution in [0.3, 0.4) is 0 Å². The molecule has 0 aliphatic carbocycles. The number of benzene rings is 1. The molecule has 0 aliphatic heterocycles. The first-order valence-electron chi connectivity index (χ1n) is 10.3. The summed E-state index contributed by atoms with van der Waals surface area (Å²) in [5.41, 5.74) is 1.00. The van der Waals surface area contributed by atoms with Crippen LogP contribution in [0.2, 0.25) is 0 Å². The molecule has 7 nitrogen and oxygen atoms in total. The third kappa shape index (κ3) is 8.12. The van der Waals surface area contributed by atoms with Gasteiger partial charge in [-0.2, -0.15) is 0 Å². The minimum Gasteiger partial charge on any atom is -0.490 e. The van der Waals surface area contributed by atoms with E-state index in [1.54, 1.807) is 6.20 Å². The number of hydrogen-bond acceptors (Lipinski definition) is 4. The van der Waals surface area contributed by atoms with Crippen LogP contribution >= 0.6 is 24.0 Å². The smallest absolute Gasteiger partial charge is 0.219 e. The molecule has 2 aromatic heterocycles. The Hall–Kier alpha value is -2.75. The predicted molar refractivity (Wildman–Crippen MR) is 135 cm³/mol. The van der Waals surface area contributed by atoms with Gasteiger partial charge in [0.25, 0.3) is 0 Å². The van der Waals surface area contributed by atoms with E-state index in [-0.39, 0.29) is 24.0 Å². The zero-order valence-corrected chi connectivity index (χ0v) is 20.3. The highest BCUT2D eigenvalue weighted by Gasteiger charge is 2.06. The number of aliphatic imine (C=N–C) groups is 1. The molecule has 0 radical (unpaired) electrons. The van der Waals surface area contributed by atoms with Crippen molar-refractivity contribution in [2.45, 2.75) is 26.9 Å². The van der Waals surface area contributed by atoms with E-state index in [1.165, 1.54) is 0 Å². The second-order valence-electron chi connectivity index (χ2n) is 6.53. The molecular weight excluding hydrogens is 505 g/mol. The molecule has 0 saturated heterocycles. The van der Waals surface area contributed by atoms with Crippen molar-refractivity contribution in [3.8, 4) is 17.4 Å². The van der Waals surface area contributed by atoms with Gasteiger partial charge in [0.1, 0.15) is 0 Å². The van der Waals surface area contributed by atoms with Gasteiger partial charge in [-0.1, -0.05) is 18.2 Å². The molecule has 0 amide bonds. The van der Waals surface area contributed by atoms with E-state index in [0.29, 0.717) is 30.5 Å². The quantitative estimate of drug-likeness (QED) is 0.228. The Morgan fingerprint density at radius 1 is 1.00 bits per heavy atom. The fourth-order valence-electron chi connectivity index (χ4n) is 2.82. The number of nitrogens with one attached hydrogen (secondary N) is 2. The fourth-order valence-corrected chi connectivity index (χ4v) is 2.82. The summed E-state index contributed by atoms with van der Waals surface area (Å²) in [7, 11) is 0. The molecule has 0 fully saturated rings. The lowest BCUT2D eigenvalue weighted by molar-refractivity contribution is 0.319. The van der Waals surface area contributed by atoms with Crippen LogP contribution in [0.25, 0.3) is 0 Å². The molecule has 166 valence electrons. The van der Waals surface area contributed by atoms with Gasteiger partial charge in [-0.15, -0.1) is 24.0 Å². The third-order valence-corrected chi connectivity index (χ3v) is 4.25. The highest BCUT2D eigenvalue weighted by Crippen LogP contribution is 2.30. The number of aromatic nitrogens is 2. The summed E-state index contributed by atoms with van der Waals surface area (Å²) in [5.74, 6) is 2.66. The maximum atomic E-state index is 5.87. The summed E-state index contributed by atoms with van der Waals surface area (Å²) in [4.78, 5) is 9.04. The van der Waals surface area contributed by atoms with Crippen molar-refractivity contribution in [2.75, 3.05) is 19.7 Å². The van der Waals surface area contributed by atoms with Crippen molar-refractivity contribution in [3.05, 3.63) is 72.7 Å². The van der Waals surface area contributed by atoms with Crippen molar-refractivity contribution in [3.63, 3.8) is 0 Å². The summed E-state index contributed by atoms with van der Waals surface area (Å²) in [6.07, 6.45) is 5.88. The summed E-state index contributed by atoms with van der Waals surface area (Å²) in [5, 5.41) is 6.62. The second kappa shape index (κ2) is 13.5. The Labute approximate surface area is 200 Å². The van der Waals surface area contributed by atoms with Crippen LogP contribution in [0.5, 0.6) is 17.4 Å². The molecule has 3 aromatic rings. The molecule has 2 heterocycles. The van der Waals surface area contributed by atoms with Gasteiger partial charge in [-0.3, -0.25) is 0 Å². The lowest BCUT2D eigenvalue weighted by Crippen LogP contribution is -2.38. The average Bonchev–Trinajstić information content (AvgIpc) is 3.28. The van der Waals surface area contributed by atoms with Crippen LogP contribution in [0.1, 0.15) is 19.4 Å². The molecular formula is C23H30IN5O2. The summed E-state index contributed by atoms with van der Waals surface area (Å²) in [6, 6.07) is 15.4. The number of hydrogen-bond donors (Lipinski definition) is 2. The van der Waals surface area contributed by atoms with Gasteiger partial charge in [-0.25, -0.2) is 9.98 Å². The molecule has 0 aliphatic rings. The van der Waals surface area contributed by atoms with Gasteiger partial charge in [0, 0.05) is 44.3 Å². The summed E-state index contributed by atoms with van der Waals surface area (Å²) < 4.78 is 13.6. The van der Waals surface area contributed by atoms with E-state index in [9.17, 15) is 0 Å². The molecule has 0 atom stereocenters. The van der Waals surface area contributed by atoms with Crippen LogP contribution in [-0.4, -0.2) is 35.2 Å². The second-order valence-corrected chi connectivity index (χ2v) is 6.53. The summed E-state index contributed by atoms with van der Waals surface area (Å²) in [6.45, 7) is 7.59. The SMILES string of the molecule is CCNC(=NCc1ccc(Oc2ccccc2OCC)nc1)NCCn1cccc1.I. The van der Waals surface area contributed by atoms with Crippen LogP contribution in [0.15, 0.2) is 72.1 Å². The first kappa shape index (κ1) is 24.5. The van der Waals surface area contributed by atoms with Crippen LogP contribution in [-0.2, 0) is 13.1 Å². The zero-order chi connectivity index (χ0) is 21.0. The first-order chi connectivity index (χ1) is 14.8. The van der Waals surface area contributed by atoms with Crippen LogP contribution < -0.4 is 20.1 Å². The van der Waals surface area contributed by atoms with Gasteiger partial charge in [0.15, 0.2) is 17.5 Å². The van der Waals surface area contributed by atoms with Crippen molar-refractivity contribution >= 4 is 29.9 Å². The van der Waals surface area contributed by atoms with Crippen molar-refractivity contribution in [2.24, 2.45) is 4.99 Å². The normalized spacial score (nSPS) is 10.8. The minimum atomic E-state index is 0. The maximum absolute atomic E-state index is 5.87. The molecule has 0 spiro atoms. The van der Waals surface area contributed by atoms with Gasteiger partial charge < -0.3 is 24.7 Å². The van der Waals surface area contributed by atoms with Crippen molar-refractivity contribution in [1.29, 1.82) is 0 Å². The lowest BCUT2D eigenvalue weighted by atomic mass is 10.3. The van der Waals surface area contributed by atoms with Gasteiger partial charge >= 0.3 is 0 Å². The largest absolute Gasteiger partial charge is 0.490 e. The topological polar surface area (TPSA) is 72.7 Å². The monoisotopic (exact) mass is 535 g/mol. The Kier molecular flexibility index (Phi) is 10.7. The number of guanidine groups is 1. The molecule has 2 N–H and O–H groups in total. The fraction of sp³-hybridized carbons (Fsp3) is 0.304. The van der Waals surface area contributed by atoms with Gasteiger partial charge in [-0.05, 0) is 43.7 Å². The lowest BCUT2D eigenvalue weighted by Gasteiger charge is -2.12. The highest BCUT2D eigenvalue weighted by molar-refractivity contribution is 14.0. The van der Waals surface area contributed by atoms with E-state index in [0.717, 1.165) is 31.2 Å². The van der Waals surface area contributed by atoms with Crippen LogP contribution in [0, 0.1) is 0 Å². The number of ether oxygens (including phenoxy) is 2. The summed E-state index contributed by atoms with van der Waals surface area (Å²) >= 11 is 0. The van der Waals surface area contributed by atoms with Crippen molar-refractivity contribution < 1.29 is 9.47 Å². The zero-order valence-electron chi connectivity index (χ0n) is 18.0. The molecule has 1 aromatic carbocycles. The number of para-hydroxylation sites is 2. The van der Waals surface area contributed by atoms with E-state index in [2.05, 4.69) is 32.1 Å². The number of halogens is 1. The van der Waals surface area contributed by atoms with Crippen LogP contribution in [0.4, 0.5) is 0 Å². The Bertz CT molecular complexity index is 914. The third-order valence-electron chi connectivity index (χ3n) is 4.25. The van der Waals surface area contributed by atoms with E-state index in [4.69, 9.17) is 9.47 Å². The Morgan fingerprint density at radius 2 is 1.77 bits per heavy atom. The molecule has 0 unspecified atom stereocenters. The number of pyridine rings is 1. The van der Waals surface area contributed by atoms with Gasteiger partial charge in [0.05, 0.1) is 13.2 Å². The van der Waals surface area contributed by atoms with Crippen molar-refractivity contribution in [1.82, 2.24) is 20.2 Å². The van der Waals surface area contributed by atoms with E-state index < -0.39 is 0 Å². The number of nitrogens with zero attached hydrogens (tertiary/aromatic N) is 3. The highest BCUT2D eigenvalue weighted by atomic mass is 127. The maximum Gasteiger partial charge on any atom is 0.219 e. The standard InChI is InChI=1S/C23H29N5O2.HI/c1-3-24-23(25-13-16-28-14-7-8-15-28)27-18-19-11-12-22(26-17-19)30-21-10-6-5-9-20(21)29-4-2;/h5-12,14-15,17H,3-4,13,16,18H2,1-2H3,(H2,24,25,27);1H. The first-order valence-corrected chi connectivity index (χ1v) is 10.3. The molecule has 8 heteroatoms. The Balaban J connectivity index is 0.00000341. The average molecular weight is 535 g/mol. The molecule has 3 rings (SSSR count). The molecule has 0 bridgehead atoms. The number of rotatable bonds is 10.